The third kappa shape index (κ3) is 3.61. The van der Waals surface area contributed by atoms with Gasteiger partial charge in [0.2, 0.25) is 5.91 Å². The summed E-state index contributed by atoms with van der Waals surface area (Å²) in [6.45, 7) is 4.72. The Balaban J connectivity index is 1.49. The van der Waals surface area contributed by atoms with E-state index in [4.69, 9.17) is 0 Å². The Bertz CT molecular complexity index is 832. The number of carbonyl (C=O) groups is 2. The summed E-state index contributed by atoms with van der Waals surface area (Å²) in [5.74, 6) is 0.218. The minimum atomic E-state index is -0.000616. The molecule has 0 unspecified atom stereocenters. The first-order valence-corrected chi connectivity index (χ1v) is 9.67. The van der Waals surface area contributed by atoms with Gasteiger partial charge in [-0.25, -0.2) is 4.98 Å². The van der Waals surface area contributed by atoms with Crippen molar-refractivity contribution in [2.24, 2.45) is 5.41 Å². The van der Waals surface area contributed by atoms with E-state index in [1.807, 2.05) is 34.9 Å². The highest BCUT2D eigenvalue weighted by Crippen LogP contribution is 2.39. The second-order valence-electron chi connectivity index (χ2n) is 7.94. The van der Waals surface area contributed by atoms with Crippen molar-refractivity contribution in [2.75, 3.05) is 19.6 Å². The van der Waals surface area contributed by atoms with Gasteiger partial charge >= 0.3 is 0 Å². The number of likely N-dealkylation sites (tertiary alicyclic amines) is 2. The molecule has 2 aliphatic heterocycles. The van der Waals surface area contributed by atoms with Crippen molar-refractivity contribution in [1.29, 1.82) is 0 Å². The van der Waals surface area contributed by atoms with Crippen LogP contribution in [0.3, 0.4) is 0 Å². The molecular formula is C21H26N4O2. The van der Waals surface area contributed by atoms with Gasteiger partial charge in [-0.2, -0.15) is 0 Å². The van der Waals surface area contributed by atoms with E-state index in [0.29, 0.717) is 25.2 Å². The molecule has 3 heterocycles. The number of hydrogen-bond acceptors (Lipinski definition) is 3. The molecule has 1 N–H and O–H groups in total. The van der Waals surface area contributed by atoms with Crippen LogP contribution in [0.1, 0.15) is 47.4 Å². The van der Waals surface area contributed by atoms with E-state index in [9.17, 15) is 9.59 Å². The lowest BCUT2D eigenvalue weighted by molar-refractivity contribution is -0.139. The second kappa shape index (κ2) is 7.18. The Labute approximate surface area is 159 Å². The molecule has 0 aliphatic carbocycles. The predicted octanol–water partition coefficient (Wildman–Crippen LogP) is 2.76. The van der Waals surface area contributed by atoms with Gasteiger partial charge in [-0.05, 0) is 31.7 Å². The number of aryl methyl sites for hydroxylation is 1. The maximum absolute atomic E-state index is 12.9. The molecule has 27 heavy (non-hydrogen) atoms. The number of amides is 2. The van der Waals surface area contributed by atoms with Crippen molar-refractivity contribution >= 4 is 11.8 Å². The topological polar surface area (TPSA) is 69.3 Å². The van der Waals surface area contributed by atoms with Crippen LogP contribution in [0, 0.1) is 12.3 Å². The van der Waals surface area contributed by atoms with E-state index in [-0.39, 0.29) is 17.2 Å². The first-order valence-electron chi connectivity index (χ1n) is 9.67. The first-order chi connectivity index (χ1) is 13.1. The third-order valence-corrected chi connectivity index (χ3v) is 5.95. The molecule has 2 fully saturated rings. The number of nitrogens with zero attached hydrogens (tertiary/aromatic N) is 3. The fraction of sp³-hybridized carbons (Fsp3) is 0.476. The number of hydrogen-bond donors (Lipinski definition) is 1. The highest BCUT2D eigenvalue weighted by Gasteiger charge is 2.43. The fourth-order valence-electron chi connectivity index (χ4n) is 4.49. The monoisotopic (exact) mass is 366 g/mol. The molecule has 142 valence electrons. The van der Waals surface area contributed by atoms with E-state index in [2.05, 4.69) is 22.1 Å². The molecule has 1 atom stereocenters. The van der Waals surface area contributed by atoms with Crippen LogP contribution in [-0.2, 0) is 11.3 Å². The van der Waals surface area contributed by atoms with Gasteiger partial charge in [0.25, 0.3) is 5.91 Å². The van der Waals surface area contributed by atoms with Gasteiger partial charge in [0, 0.05) is 43.7 Å². The van der Waals surface area contributed by atoms with Crippen molar-refractivity contribution in [3.05, 3.63) is 53.6 Å². The summed E-state index contributed by atoms with van der Waals surface area (Å²) in [7, 11) is 0. The Morgan fingerprint density at radius 1 is 1.22 bits per heavy atom. The highest BCUT2D eigenvalue weighted by atomic mass is 16.2. The SMILES string of the molecule is Cc1[nH]cnc1C(=O)N1CCC[C@@]2(CCC(=O)N(Cc3ccccc3)C2)C1. The number of rotatable bonds is 3. The number of imidazole rings is 1. The van der Waals surface area contributed by atoms with Gasteiger partial charge in [0.05, 0.1) is 6.33 Å². The van der Waals surface area contributed by atoms with Crippen LogP contribution in [0.25, 0.3) is 0 Å². The predicted molar refractivity (Wildman–Crippen MR) is 102 cm³/mol. The molecule has 0 saturated carbocycles. The van der Waals surface area contributed by atoms with Crippen LogP contribution in [0.5, 0.6) is 0 Å². The Morgan fingerprint density at radius 3 is 2.78 bits per heavy atom. The lowest BCUT2D eigenvalue weighted by atomic mass is 9.73. The van der Waals surface area contributed by atoms with Crippen LogP contribution in [0.4, 0.5) is 0 Å². The Kier molecular flexibility index (Phi) is 4.72. The molecule has 2 saturated heterocycles. The molecule has 1 spiro atoms. The molecule has 6 heteroatoms. The average molecular weight is 366 g/mol. The number of carbonyl (C=O) groups excluding carboxylic acids is 2. The average Bonchev–Trinajstić information content (AvgIpc) is 3.11. The van der Waals surface area contributed by atoms with E-state index in [0.717, 1.165) is 43.6 Å². The second-order valence-corrected chi connectivity index (χ2v) is 7.94. The maximum atomic E-state index is 12.9. The smallest absolute Gasteiger partial charge is 0.274 e. The summed E-state index contributed by atoms with van der Waals surface area (Å²) in [5, 5.41) is 0. The summed E-state index contributed by atoms with van der Waals surface area (Å²) < 4.78 is 0. The number of piperidine rings is 2. The molecule has 2 amide bonds. The summed E-state index contributed by atoms with van der Waals surface area (Å²) in [4.78, 5) is 36.5. The standard InChI is InChI=1S/C21H26N4O2/c1-16-19(23-15-22-16)20(27)24-11-5-9-21(13-24)10-8-18(26)25(14-21)12-17-6-3-2-4-7-17/h2-4,6-7,15H,5,8-14H2,1H3,(H,22,23)/t21-/m1/s1. The zero-order valence-corrected chi connectivity index (χ0v) is 15.8. The first kappa shape index (κ1) is 17.8. The lowest BCUT2D eigenvalue weighted by Gasteiger charge is -2.48. The summed E-state index contributed by atoms with van der Waals surface area (Å²) in [6, 6.07) is 10.1. The molecule has 1 aromatic heterocycles. The van der Waals surface area contributed by atoms with Gasteiger partial charge in [-0.15, -0.1) is 0 Å². The molecule has 2 aromatic rings. The van der Waals surface area contributed by atoms with E-state index < -0.39 is 0 Å². The van der Waals surface area contributed by atoms with Gasteiger partial charge in [-0.3, -0.25) is 9.59 Å². The number of aromatic nitrogens is 2. The van der Waals surface area contributed by atoms with Gasteiger partial charge in [0.1, 0.15) is 5.69 Å². The van der Waals surface area contributed by atoms with E-state index in [1.54, 1.807) is 6.33 Å². The minimum Gasteiger partial charge on any atom is -0.348 e. The molecule has 0 radical (unpaired) electrons. The van der Waals surface area contributed by atoms with Crippen molar-refractivity contribution in [3.63, 3.8) is 0 Å². The van der Waals surface area contributed by atoms with Crippen LogP contribution < -0.4 is 0 Å². The number of aromatic amines is 1. The lowest BCUT2D eigenvalue weighted by Crippen LogP contribution is -2.54. The van der Waals surface area contributed by atoms with Crippen LogP contribution in [0.2, 0.25) is 0 Å². The molecular weight excluding hydrogens is 340 g/mol. The molecule has 2 aliphatic rings. The quantitative estimate of drug-likeness (QED) is 0.908. The number of benzene rings is 1. The molecule has 1 aromatic carbocycles. The Morgan fingerprint density at radius 2 is 2.04 bits per heavy atom. The van der Waals surface area contributed by atoms with Crippen molar-refractivity contribution in [3.8, 4) is 0 Å². The van der Waals surface area contributed by atoms with E-state index >= 15 is 0 Å². The summed E-state index contributed by atoms with van der Waals surface area (Å²) in [6.07, 6.45) is 5.04. The number of H-pyrrole nitrogens is 1. The van der Waals surface area contributed by atoms with Gasteiger partial charge in [0.15, 0.2) is 0 Å². The minimum absolute atomic E-state index is 0.000616. The fourth-order valence-corrected chi connectivity index (χ4v) is 4.49. The normalized spacial score (nSPS) is 23.1. The van der Waals surface area contributed by atoms with E-state index in [1.165, 1.54) is 0 Å². The zero-order chi connectivity index (χ0) is 18.9. The van der Waals surface area contributed by atoms with Crippen LogP contribution >= 0.6 is 0 Å². The van der Waals surface area contributed by atoms with Crippen LogP contribution in [0.15, 0.2) is 36.7 Å². The third-order valence-electron chi connectivity index (χ3n) is 5.95. The molecule has 0 bridgehead atoms. The van der Waals surface area contributed by atoms with Crippen molar-refractivity contribution < 1.29 is 9.59 Å². The highest BCUT2D eigenvalue weighted by molar-refractivity contribution is 5.93. The Hall–Kier alpha value is -2.63. The molecule has 4 rings (SSSR count). The summed E-state index contributed by atoms with van der Waals surface area (Å²) in [5.41, 5.74) is 2.48. The molecule has 6 nitrogen and oxygen atoms in total. The summed E-state index contributed by atoms with van der Waals surface area (Å²) >= 11 is 0. The van der Waals surface area contributed by atoms with Crippen molar-refractivity contribution in [2.45, 2.75) is 39.2 Å². The van der Waals surface area contributed by atoms with Gasteiger partial charge in [-0.1, -0.05) is 30.3 Å². The number of nitrogens with one attached hydrogen (secondary N) is 1. The van der Waals surface area contributed by atoms with Crippen molar-refractivity contribution in [1.82, 2.24) is 19.8 Å². The maximum Gasteiger partial charge on any atom is 0.274 e. The van der Waals surface area contributed by atoms with Gasteiger partial charge < -0.3 is 14.8 Å². The zero-order valence-electron chi connectivity index (χ0n) is 15.8. The van der Waals surface area contributed by atoms with Crippen LogP contribution in [-0.4, -0.2) is 51.2 Å². The largest absolute Gasteiger partial charge is 0.348 e.